The highest BCUT2D eigenvalue weighted by molar-refractivity contribution is 5.82. The lowest BCUT2D eigenvalue weighted by molar-refractivity contribution is -0.159. The first-order chi connectivity index (χ1) is 9.64. The number of carbonyl (C=O) groups excluding carboxylic acids is 1. The largest absolute Gasteiger partial charge is 0.464 e. The molecule has 0 heterocycles. The molecule has 0 bridgehead atoms. The van der Waals surface area contributed by atoms with Gasteiger partial charge in [0.05, 0.1) is 18.0 Å². The molecule has 0 radical (unpaired) electrons. The van der Waals surface area contributed by atoms with Gasteiger partial charge in [0.2, 0.25) is 0 Å². The fourth-order valence-corrected chi connectivity index (χ4v) is 1.71. The van der Waals surface area contributed by atoms with Crippen molar-refractivity contribution in [2.24, 2.45) is 10.2 Å². The van der Waals surface area contributed by atoms with Gasteiger partial charge < -0.3 is 9.84 Å². The summed E-state index contributed by atoms with van der Waals surface area (Å²) in [4.78, 5) is 11.6. The lowest BCUT2D eigenvalue weighted by Gasteiger charge is -2.23. The zero-order valence-corrected chi connectivity index (χ0v) is 11.2. The van der Waals surface area contributed by atoms with E-state index in [0.29, 0.717) is 5.70 Å². The molecule has 1 aromatic carbocycles. The number of azo groups is 1. The molecule has 1 unspecified atom stereocenters. The van der Waals surface area contributed by atoms with Gasteiger partial charge in [-0.25, -0.2) is 4.79 Å². The van der Waals surface area contributed by atoms with Crippen molar-refractivity contribution in [3.63, 3.8) is 0 Å². The number of esters is 1. The summed E-state index contributed by atoms with van der Waals surface area (Å²) in [6.45, 7) is 1.93. The topological polar surface area (TPSA) is 71.2 Å². The van der Waals surface area contributed by atoms with Crippen LogP contribution in [0.5, 0.6) is 0 Å². The summed E-state index contributed by atoms with van der Waals surface area (Å²) >= 11 is 0. The molecule has 1 aromatic rings. The molecule has 0 fully saturated rings. The van der Waals surface area contributed by atoms with Crippen molar-refractivity contribution >= 4 is 11.7 Å². The predicted molar refractivity (Wildman–Crippen MR) is 74.4 cm³/mol. The summed E-state index contributed by atoms with van der Waals surface area (Å²) in [5, 5.41) is 18.2. The van der Waals surface area contributed by atoms with Gasteiger partial charge >= 0.3 is 5.97 Å². The number of allylic oxidation sites excluding steroid dienone is 1. The molecule has 1 N–H and O–H groups in total. The van der Waals surface area contributed by atoms with Crippen LogP contribution >= 0.6 is 0 Å². The molecule has 0 spiro atoms. The van der Waals surface area contributed by atoms with Crippen molar-refractivity contribution in [2.45, 2.75) is 18.9 Å². The Morgan fingerprint density at radius 2 is 2.10 bits per heavy atom. The molecule has 1 aliphatic rings. The fraction of sp³-hybridized carbons (Fsp3) is 0.267. The minimum Gasteiger partial charge on any atom is -0.464 e. The number of rotatable bonds is 4. The average Bonchev–Trinajstić information content (AvgIpc) is 2.48. The van der Waals surface area contributed by atoms with Crippen LogP contribution in [0.15, 0.2) is 64.5 Å². The van der Waals surface area contributed by atoms with Crippen LogP contribution in [0.1, 0.15) is 13.3 Å². The summed E-state index contributed by atoms with van der Waals surface area (Å²) < 4.78 is 4.83. The number of hydrogen-bond acceptors (Lipinski definition) is 5. The van der Waals surface area contributed by atoms with Crippen molar-refractivity contribution in [2.75, 3.05) is 6.61 Å². The number of carbonyl (C=O) groups is 1. The van der Waals surface area contributed by atoms with Gasteiger partial charge in [0.15, 0.2) is 5.60 Å². The summed E-state index contributed by atoms with van der Waals surface area (Å²) in [5.74, 6) is -0.647. The third-order valence-electron chi connectivity index (χ3n) is 2.82. The zero-order chi connectivity index (χ0) is 14.4. The molecule has 0 saturated heterocycles. The van der Waals surface area contributed by atoms with Gasteiger partial charge in [-0.2, -0.15) is 10.2 Å². The van der Waals surface area contributed by atoms with Crippen LogP contribution in [0.25, 0.3) is 0 Å². The van der Waals surface area contributed by atoms with E-state index < -0.39 is 11.6 Å². The number of nitrogens with zero attached hydrogens (tertiary/aromatic N) is 2. The van der Waals surface area contributed by atoms with Gasteiger partial charge in [0, 0.05) is 6.42 Å². The highest BCUT2D eigenvalue weighted by Crippen LogP contribution is 2.24. The molecule has 5 nitrogen and oxygen atoms in total. The Labute approximate surface area is 117 Å². The Morgan fingerprint density at radius 1 is 1.35 bits per heavy atom. The Morgan fingerprint density at radius 3 is 2.70 bits per heavy atom. The van der Waals surface area contributed by atoms with E-state index in [1.165, 1.54) is 6.08 Å². The number of hydrogen-bond donors (Lipinski definition) is 1. The van der Waals surface area contributed by atoms with Crippen LogP contribution in [-0.2, 0) is 9.53 Å². The summed E-state index contributed by atoms with van der Waals surface area (Å²) in [6, 6.07) is 9.33. The molecule has 1 aliphatic carbocycles. The van der Waals surface area contributed by atoms with Crippen molar-refractivity contribution in [1.29, 1.82) is 0 Å². The molecule has 1 atom stereocenters. The number of ether oxygens (including phenoxy) is 1. The van der Waals surface area contributed by atoms with Crippen LogP contribution in [0.3, 0.4) is 0 Å². The van der Waals surface area contributed by atoms with E-state index in [1.807, 2.05) is 30.3 Å². The highest BCUT2D eigenvalue weighted by Gasteiger charge is 2.35. The summed E-state index contributed by atoms with van der Waals surface area (Å²) in [6.07, 6.45) is 4.74. The smallest absolute Gasteiger partial charge is 0.342 e. The van der Waals surface area contributed by atoms with E-state index >= 15 is 0 Å². The van der Waals surface area contributed by atoms with Gasteiger partial charge in [-0.1, -0.05) is 24.3 Å². The van der Waals surface area contributed by atoms with Crippen LogP contribution in [0.4, 0.5) is 5.69 Å². The zero-order valence-electron chi connectivity index (χ0n) is 11.2. The maximum absolute atomic E-state index is 11.6. The molecule has 0 aromatic heterocycles. The van der Waals surface area contributed by atoms with Crippen molar-refractivity contribution in [1.82, 2.24) is 0 Å². The molecule has 0 amide bonds. The third kappa shape index (κ3) is 3.39. The molecule has 5 heteroatoms. The fourth-order valence-electron chi connectivity index (χ4n) is 1.71. The van der Waals surface area contributed by atoms with Crippen molar-refractivity contribution in [3.8, 4) is 0 Å². The van der Waals surface area contributed by atoms with Crippen LogP contribution in [0.2, 0.25) is 0 Å². The Kier molecular flexibility index (Phi) is 4.42. The van der Waals surface area contributed by atoms with Gasteiger partial charge in [0.1, 0.15) is 0 Å². The van der Waals surface area contributed by atoms with Gasteiger partial charge in [0.25, 0.3) is 0 Å². The van der Waals surface area contributed by atoms with Crippen LogP contribution in [-0.4, -0.2) is 23.3 Å². The SMILES string of the molecule is CCOC(=O)C1(O)C=CC(N=Nc2ccccc2)=CC1. The minimum atomic E-state index is -1.60. The predicted octanol–water partition coefficient (Wildman–Crippen LogP) is 2.91. The Bertz CT molecular complexity index is 564. The normalized spacial score (nSPS) is 21.8. The second kappa shape index (κ2) is 6.25. The first-order valence-corrected chi connectivity index (χ1v) is 6.40. The number of aliphatic hydroxyl groups is 1. The summed E-state index contributed by atoms with van der Waals surface area (Å²) in [7, 11) is 0. The molecular formula is C15H16N2O3. The summed E-state index contributed by atoms with van der Waals surface area (Å²) in [5.41, 5.74) is -0.252. The quantitative estimate of drug-likeness (QED) is 0.676. The van der Waals surface area contributed by atoms with Gasteiger partial charge in [-0.05, 0) is 31.2 Å². The van der Waals surface area contributed by atoms with E-state index in [0.717, 1.165) is 5.69 Å². The lowest BCUT2D eigenvalue weighted by Crippen LogP contribution is -2.38. The van der Waals surface area contributed by atoms with Gasteiger partial charge in [-0.15, -0.1) is 0 Å². The minimum absolute atomic E-state index is 0.130. The lowest BCUT2D eigenvalue weighted by atomic mass is 9.94. The molecular weight excluding hydrogens is 256 g/mol. The van der Waals surface area contributed by atoms with Crippen LogP contribution in [0, 0.1) is 0 Å². The van der Waals surface area contributed by atoms with Crippen LogP contribution < -0.4 is 0 Å². The average molecular weight is 272 g/mol. The second-order valence-corrected chi connectivity index (χ2v) is 4.35. The highest BCUT2D eigenvalue weighted by atomic mass is 16.5. The first kappa shape index (κ1) is 14.1. The first-order valence-electron chi connectivity index (χ1n) is 6.40. The van der Waals surface area contributed by atoms with E-state index in [9.17, 15) is 9.90 Å². The monoisotopic (exact) mass is 272 g/mol. The van der Waals surface area contributed by atoms with E-state index in [4.69, 9.17) is 4.74 Å². The van der Waals surface area contributed by atoms with Crippen molar-refractivity contribution < 1.29 is 14.6 Å². The molecule has 20 heavy (non-hydrogen) atoms. The van der Waals surface area contributed by atoms with Gasteiger partial charge in [-0.3, -0.25) is 0 Å². The maximum Gasteiger partial charge on any atom is 0.342 e. The molecule has 0 saturated carbocycles. The molecule has 104 valence electrons. The molecule has 2 rings (SSSR count). The van der Waals surface area contributed by atoms with Crippen molar-refractivity contribution in [3.05, 3.63) is 54.3 Å². The number of benzene rings is 1. The standard InChI is InChI=1S/C15H16N2O3/c1-2-20-14(18)15(19)10-8-13(9-11-15)17-16-12-6-4-3-5-7-12/h3-10,19H,2,11H2,1H3. The maximum atomic E-state index is 11.6. The molecule has 0 aliphatic heterocycles. The second-order valence-electron chi connectivity index (χ2n) is 4.35. The third-order valence-corrected chi connectivity index (χ3v) is 2.82. The van der Waals surface area contributed by atoms with E-state index in [2.05, 4.69) is 10.2 Å². The Balaban J connectivity index is 2.02. The van der Waals surface area contributed by atoms with E-state index in [-0.39, 0.29) is 13.0 Å². The Hall–Kier alpha value is -2.27. The van der Waals surface area contributed by atoms with E-state index in [1.54, 1.807) is 19.1 Å².